The largest absolute Gasteiger partial charge is 0.462 e. The van der Waals surface area contributed by atoms with E-state index in [2.05, 4.69) is 9.30 Å². The molecule has 0 atom stereocenters. The first-order valence-electron chi connectivity index (χ1n) is 9.25. The summed E-state index contributed by atoms with van der Waals surface area (Å²) in [6, 6.07) is 4.98. The fourth-order valence-electron chi connectivity index (χ4n) is 4.07. The van der Waals surface area contributed by atoms with Crippen LogP contribution in [0.2, 0.25) is 0 Å². The topological polar surface area (TPSA) is 49.7 Å². The van der Waals surface area contributed by atoms with E-state index in [9.17, 15) is 13.6 Å². The van der Waals surface area contributed by atoms with Crippen LogP contribution in [0.1, 0.15) is 54.7 Å². The van der Waals surface area contributed by atoms with E-state index in [1.54, 1.807) is 20.1 Å². The lowest BCUT2D eigenvalue weighted by atomic mass is 9.92. The Hall–Kier alpha value is -2.15. The zero-order valence-corrected chi connectivity index (χ0v) is 15.8. The lowest BCUT2D eigenvalue weighted by Gasteiger charge is -2.30. The second-order valence-corrected chi connectivity index (χ2v) is 6.77. The number of aromatic nitrogens is 1. The zero-order valence-electron chi connectivity index (χ0n) is 15.8. The Morgan fingerprint density at radius 2 is 1.96 bits per heavy atom. The van der Waals surface area contributed by atoms with Gasteiger partial charge in [-0.2, -0.15) is 8.78 Å². The summed E-state index contributed by atoms with van der Waals surface area (Å²) in [5.74, 6) is -0.415. The van der Waals surface area contributed by atoms with Crippen LogP contribution in [0.5, 0.6) is 5.75 Å². The number of rotatable bonds is 6. The quantitative estimate of drug-likeness (QED) is 0.671. The summed E-state index contributed by atoms with van der Waals surface area (Å²) in [5.41, 5.74) is 2.04. The maximum atomic E-state index is 12.6. The van der Waals surface area contributed by atoms with Crippen molar-refractivity contribution >= 4 is 16.9 Å². The molecule has 1 aliphatic rings. The molecule has 0 aliphatic heterocycles. The molecular formula is C20H25F2NO4. The number of alkyl halides is 2. The Balaban J connectivity index is 2.07. The van der Waals surface area contributed by atoms with Gasteiger partial charge in [-0.3, -0.25) is 0 Å². The van der Waals surface area contributed by atoms with E-state index >= 15 is 0 Å². The van der Waals surface area contributed by atoms with Crippen molar-refractivity contribution in [1.29, 1.82) is 0 Å². The van der Waals surface area contributed by atoms with Crippen molar-refractivity contribution in [1.82, 2.24) is 4.57 Å². The molecule has 7 heteroatoms. The second-order valence-electron chi connectivity index (χ2n) is 6.77. The molecular weight excluding hydrogens is 356 g/mol. The number of ether oxygens (including phenoxy) is 3. The van der Waals surface area contributed by atoms with Crippen LogP contribution in [0, 0.1) is 6.92 Å². The average Bonchev–Trinajstić information content (AvgIpc) is 2.92. The maximum Gasteiger partial charge on any atom is 0.387 e. The molecule has 27 heavy (non-hydrogen) atoms. The number of nitrogens with zero attached hydrogens (tertiary/aromatic N) is 1. The smallest absolute Gasteiger partial charge is 0.387 e. The number of hydrogen-bond acceptors (Lipinski definition) is 4. The van der Waals surface area contributed by atoms with Crippen LogP contribution in [-0.4, -0.2) is 37.0 Å². The maximum absolute atomic E-state index is 12.6. The lowest BCUT2D eigenvalue weighted by molar-refractivity contribution is -0.0497. The molecule has 2 aromatic rings. The molecule has 0 bridgehead atoms. The van der Waals surface area contributed by atoms with Crippen LogP contribution in [0.4, 0.5) is 8.78 Å². The molecule has 0 saturated heterocycles. The highest BCUT2D eigenvalue weighted by Crippen LogP contribution is 2.38. The van der Waals surface area contributed by atoms with E-state index in [4.69, 9.17) is 9.47 Å². The van der Waals surface area contributed by atoms with Crippen molar-refractivity contribution in [3.8, 4) is 5.75 Å². The summed E-state index contributed by atoms with van der Waals surface area (Å²) in [5, 5.41) is 0.581. The molecule has 1 aromatic heterocycles. The second kappa shape index (κ2) is 8.25. The third-order valence-electron chi connectivity index (χ3n) is 5.27. The van der Waals surface area contributed by atoms with Gasteiger partial charge in [-0.1, -0.05) is 0 Å². The number of methoxy groups -OCH3 is 1. The van der Waals surface area contributed by atoms with Crippen LogP contribution in [0.15, 0.2) is 18.2 Å². The standard InChI is InChI=1S/C20H25F2NO4/c1-4-26-19(24)18-12(2)23(13-5-7-14(25-3)8-6-13)17-10-9-15(11-16(17)18)27-20(21)22/h9-11,13-14,20H,4-8H2,1-3H3. The van der Waals surface area contributed by atoms with Gasteiger partial charge in [0.15, 0.2) is 0 Å². The van der Waals surface area contributed by atoms with Gasteiger partial charge in [0, 0.05) is 29.7 Å². The molecule has 1 heterocycles. The first-order valence-corrected chi connectivity index (χ1v) is 9.25. The first-order chi connectivity index (χ1) is 13.0. The van der Waals surface area contributed by atoms with Crippen LogP contribution < -0.4 is 4.74 Å². The van der Waals surface area contributed by atoms with E-state index in [0.717, 1.165) is 36.9 Å². The Kier molecular flexibility index (Phi) is 5.99. The van der Waals surface area contributed by atoms with E-state index in [1.807, 2.05) is 6.92 Å². The molecule has 0 unspecified atom stereocenters. The van der Waals surface area contributed by atoms with Gasteiger partial charge in [-0.25, -0.2) is 4.79 Å². The highest BCUT2D eigenvalue weighted by atomic mass is 19.3. The minimum atomic E-state index is -2.92. The normalized spacial score (nSPS) is 20.2. The number of fused-ring (bicyclic) bond motifs is 1. The molecule has 0 spiro atoms. The number of benzene rings is 1. The van der Waals surface area contributed by atoms with Gasteiger partial charge < -0.3 is 18.8 Å². The summed E-state index contributed by atoms with van der Waals surface area (Å²) < 4.78 is 42.6. The Morgan fingerprint density at radius 3 is 2.56 bits per heavy atom. The summed E-state index contributed by atoms with van der Waals surface area (Å²) in [4.78, 5) is 12.6. The molecule has 5 nitrogen and oxygen atoms in total. The number of hydrogen-bond donors (Lipinski definition) is 0. The first kappa shape index (κ1) is 19.6. The average molecular weight is 381 g/mol. The SMILES string of the molecule is CCOC(=O)c1c(C)n(C2CCC(OC)CC2)c2ccc(OC(F)F)cc12. The van der Waals surface area contributed by atoms with Gasteiger partial charge in [0.05, 0.1) is 18.3 Å². The Morgan fingerprint density at radius 1 is 1.26 bits per heavy atom. The number of esters is 1. The van der Waals surface area contributed by atoms with Crippen LogP contribution in [0.25, 0.3) is 10.9 Å². The Labute approximate surface area is 157 Å². The molecule has 3 rings (SSSR count). The molecule has 148 valence electrons. The van der Waals surface area contributed by atoms with Crippen LogP contribution >= 0.6 is 0 Å². The van der Waals surface area contributed by atoms with Gasteiger partial charge in [-0.15, -0.1) is 0 Å². The highest BCUT2D eigenvalue weighted by Gasteiger charge is 2.28. The number of halogens is 2. The minimum Gasteiger partial charge on any atom is -0.462 e. The van der Waals surface area contributed by atoms with Gasteiger partial charge in [-0.05, 0) is 57.7 Å². The van der Waals surface area contributed by atoms with Crippen molar-refractivity contribution in [2.45, 2.75) is 58.3 Å². The number of carbonyl (C=O) groups is 1. The van der Waals surface area contributed by atoms with Crippen molar-refractivity contribution in [3.63, 3.8) is 0 Å². The van der Waals surface area contributed by atoms with Crippen LogP contribution in [-0.2, 0) is 9.47 Å². The molecule has 1 saturated carbocycles. The molecule has 0 radical (unpaired) electrons. The van der Waals surface area contributed by atoms with Gasteiger partial charge in [0.2, 0.25) is 0 Å². The third kappa shape index (κ3) is 3.93. The van der Waals surface area contributed by atoms with E-state index in [0.29, 0.717) is 10.9 Å². The van der Waals surface area contributed by atoms with Gasteiger partial charge >= 0.3 is 12.6 Å². The predicted molar refractivity (Wildman–Crippen MR) is 97.6 cm³/mol. The Bertz CT molecular complexity index is 810. The van der Waals surface area contributed by atoms with Crippen molar-refractivity contribution in [3.05, 3.63) is 29.5 Å². The molecule has 1 aromatic carbocycles. The predicted octanol–water partition coefficient (Wildman–Crippen LogP) is 4.86. The summed E-state index contributed by atoms with van der Waals surface area (Å²) in [7, 11) is 1.73. The van der Waals surface area contributed by atoms with Gasteiger partial charge in [0.1, 0.15) is 5.75 Å². The lowest BCUT2D eigenvalue weighted by Crippen LogP contribution is -2.23. The fourth-order valence-corrected chi connectivity index (χ4v) is 4.07. The molecule has 0 amide bonds. The van der Waals surface area contributed by atoms with Crippen molar-refractivity contribution < 1.29 is 27.8 Å². The van der Waals surface area contributed by atoms with Crippen molar-refractivity contribution in [2.75, 3.05) is 13.7 Å². The van der Waals surface area contributed by atoms with Gasteiger partial charge in [0.25, 0.3) is 0 Å². The van der Waals surface area contributed by atoms with E-state index < -0.39 is 12.6 Å². The van der Waals surface area contributed by atoms with Crippen LogP contribution in [0.3, 0.4) is 0 Å². The fraction of sp³-hybridized carbons (Fsp3) is 0.550. The monoisotopic (exact) mass is 381 g/mol. The minimum absolute atomic E-state index is 0.0308. The molecule has 0 N–H and O–H groups in total. The summed E-state index contributed by atoms with van der Waals surface area (Å²) >= 11 is 0. The summed E-state index contributed by atoms with van der Waals surface area (Å²) in [6.07, 6.45) is 4.02. The zero-order chi connectivity index (χ0) is 19.6. The van der Waals surface area contributed by atoms with E-state index in [1.165, 1.54) is 12.1 Å². The molecule has 1 fully saturated rings. The summed E-state index contributed by atoms with van der Waals surface area (Å²) in [6.45, 7) is 0.949. The highest BCUT2D eigenvalue weighted by molar-refractivity contribution is 6.06. The third-order valence-corrected chi connectivity index (χ3v) is 5.27. The van der Waals surface area contributed by atoms with E-state index in [-0.39, 0.29) is 24.5 Å². The van der Waals surface area contributed by atoms with Crippen molar-refractivity contribution in [2.24, 2.45) is 0 Å². The number of carbonyl (C=O) groups excluding carboxylic acids is 1. The molecule has 1 aliphatic carbocycles.